The Morgan fingerprint density at radius 3 is 2.65 bits per heavy atom. The van der Waals surface area contributed by atoms with Crippen molar-refractivity contribution in [3.05, 3.63) is 54.9 Å². The van der Waals surface area contributed by atoms with Crippen LogP contribution in [0.15, 0.2) is 59.8 Å². The van der Waals surface area contributed by atoms with Crippen molar-refractivity contribution in [3.63, 3.8) is 0 Å². The lowest BCUT2D eigenvalue weighted by molar-refractivity contribution is 0.882. The lowest BCUT2D eigenvalue weighted by atomic mass is 10.1. The number of thioether (sulfide) groups is 1. The van der Waals surface area contributed by atoms with Gasteiger partial charge in [0.1, 0.15) is 0 Å². The van der Waals surface area contributed by atoms with Crippen molar-refractivity contribution >= 4 is 22.5 Å². The zero-order chi connectivity index (χ0) is 11.7. The number of nitrogens with zero attached hydrogens (tertiary/aromatic N) is 2. The Hall–Kier alpha value is -1.74. The van der Waals surface area contributed by atoms with E-state index in [1.54, 1.807) is 18.0 Å². The third-order valence-electron chi connectivity index (χ3n) is 2.80. The Morgan fingerprint density at radius 2 is 1.88 bits per heavy atom. The molecule has 0 saturated heterocycles. The number of benzene rings is 2. The molecule has 84 valence electrons. The molecule has 0 aliphatic carbocycles. The van der Waals surface area contributed by atoms with Crippen molar-refractivity contribution < 1.29 is 0 Å². The molecule has 2 aromatic carbocycles. The van der Waals surface area contributed by atoms with E-state index in [0.29, 0.717) is 0 Å². The van der Waals surface area contributed by atoms with E-state index in [0.717, 1.165) is 5.69 Å². The molecule has 3 rings (SSSR count). The minimum atomic E-state index is 1.10. The number of hydrogen-bond donors (Lipinski definition) is 0. The summed E-state index contributed by atoms with van der Waals surface area (Å²) in [6, 6.07) is 14.9. The van der Waals surface area contributed by atoms with Crippen LogP contribution in [0, 0.1) is 0 Å². The molecule has 0 saturated carbocycles. The topological polar surface area (TPSA) is 17.8 Å². The zero-order valence-corrected chi connectivity index (χ0v) is 10.3. The van der Waals surface area contributed by atoms with E-state index in [1.807, 2.05) is 16.9 Å². The molecule has 0 atom stereocenters. The summed E-state index contributed by atoms with van der Waals surface area (Å²) in [6.07, 6.45) is 5.84. The zero-order valence-electron chi connectivity index (χ0n) is 9.50. The van der Waals surface area contributed by atoms with Gasteiger partial charge in [-0.1, -0.05) is 12.1 Å². The average molecular weight is 240 g/mol. The fourth-order valence-electron chi connectivity index (χ4n) is 1.90. The minimum absolute atomic E-state index is 1.10. The van der Waals surface area contributed by atoms with Crippen LogP contribution in [0.5, 0.6) is 0 Å². The van der Waals surface area contributed by atoms with Crippen molar-refractivity contribution in [2.75, 3.05) is 6.26 Å². The largest absolute Gasteiger partial charge is 0.241 e. The Bertz CT molecular complexity index is 644. The molecule has 1 aromatic heterocycles. The van der Waals surface area contributed by atoms with Crippen molar-refractivity contribution in [3.8, 4) is 5.69 Å². The third-order valence-corrected chi connectivity index (χ3v) is 3.53. The van der Waals surface area contributed by atoms with Crippen molar-refractivity contribution in [2.24, 2.45) is 0 Å². The van der Waals surface area contributed by atoms with E-state index in [4.69, 9.17) is 0 Å². The fourth-order valence-corrected chi connectivity index (χ4v) is 2.35. The van der Waals surface area contributed by atoms with Crippen LogP contribution in [-0.2, 0) is 0 Å². The van der Waals surface area contributed by atoms with Crippen LogP contribution in [0.4, 0.5) is 0 Å². The van der Waals surface area contributed by atoms with E-state index in [9.17, 15) is 0 Å². The quantitative estimate of drug-likeness (QED) is 0.635. The molecule has 0 amide bonds. The Labute approximate surface area is 104 Å². The predicted molar refractivity (Wildman–Crippen MR) is 72.9 cm³/mol. The summed E-state index contributed by atoms with van der Waals surface area (Å²) >= 11 is 1.77. The molecule has 0 bridgehead atoms. The van der Waals surface area contributed by atoms with Crippen LogP contribution >= 0.6 is 11.8 Å². The number of fused-ring (bicyclic) bond motifs is 1. The number of aromatic nitrogens is 2. The minimum Gasteiger partial charge on any atom is -0.241 e. The molecule has 0 fully saturated rings. The first-order valence-corrected chi connectivity index (χ1v) is 6.67. The molecule has 3 aromatic rings. The standard InChI is InChI=1S/C14H12N2S/c1-17-14-6-4-11-9-13(5-3-12(11)10-14)16-8-2-7-15-16/h2-10H,1H3. The summed E-state index contributed by atoms with van der Waals surface area (Å²) in [7, 11) is 0. The Morgan fingerprint density at radius 1 is 1.06 bits per heavy atom. The van der Waals surface area contributed by atoms with Crippen LogP contribution in [0.25, 0.3) is 16.5 Å². The second kappa shape index (κ2) is 4.26. The summed E-state index contributed by atoms with van der Waals surface area (Å²) in [5, 5.41) is 6.76. The Kier molecular flexibility index (Phi) is 2.61. The van der Waals surface area contributed by atoms with Gasteiger partial charge in [0.25, 0.3) is 0 Å². The van der Waals surface area contributed by atoms with Crippen LogP contribution in [0.2, 0.25) is 0 Å². The summed E-state index contributed by atoms with van der Waals surface area (Å²) in [5.41, 5.74) is 1.10. The van der Waals surface area contributed by atoms with Gasteiger partial charge >= 0.3 is 0 Å². The van der Waals surface area contributed by atoms with Crippen LogP contribution in [0.3, 0.4) is 0 Å². The first-order valence-electron chi connectivity index (χ1n) is 5.45. The van der Waals surface area contributed by atoms with Gasteiger partial charge in [-0.15, -0.1) is 11.8 Å². The second-order valence-corrected chi connectivity index (χ2v) is 4.73. The molecule has 0 N–H and O–H groups in total. The van der Waals surface area contributed by atoms with Gasteiger partial charge in [-0.3, -0.25) is 0 Å². The molecular weight excluding hydrogens is 228 g/mol. The van der Waals surface area contributed by atoms with Gasteiger partial charge < -0.3 is 0 Å². The molecule has 0 aliphatic rings. The molecule has 0 unspecified atom stereocenters. The van der Waals surface area contributed by atoms with Gasteiger partial charge in [0, 0.05) is 17.3 Å². The lowest BCUT2D eigenvalue weighted by Gasteiger charge is -2.05. The highest BCUT2D eigenvalue weighted by atomic mass is 32.2. The van der Waals surface area contributed by atoms with E-state index in [-0.39, 0.29) is 0 Å². The van der Waals surface area contributed by atoms with Gasteiger partial charge in [0.15, 0.2) is 0 Å². The van der Waals surface area contributed by atoms with E-state index >= 15 is 0 Å². The predicted octanol–water partition coefficient (Wildman–Crippen LogP) is 3.75. The third kappa shape index (κ3) is 1.94. The summed E-state index contributed by atoms with van der Waals surface area (Å²) < 4.78 is 1.88. The Balaban J connectivity index is 2.14. The molecule has 0 radical (unpaired) electrons. The van der Waals surface area contributed by atoms with E-state index in [2.05, 4.69) is 47.8 Å². The van der Waals surface area contributed by atoms with Gasteiger partial charge in [-0.2, -0.15) is 5.10 Å². The van der Waals surface area contributed by atoms with Gasteiger partial charge in [0.2, 0.25) is 0 Å². The van der Waals surface area contributed by atoms with Crippen molar-refractivity contribution in [1.82, 2.24) is 9.78 Å². The van der Waals surface area contributed by atoms with Gasteiger partial charge in [-0.25, -0.2) is 4.68 Å². The van der Waals surface area contributed by atoms with Crippen LogP contribution < -0.4 is 0 Å². The number of hydrogen-bond acceptors (Lipinski definition) is 2. The highest BCUT2D eigenvalue weighted by Gasteiger charge is 1.99. The average Bonchev–Trinajstić information content (AvgIpc) is 2.91. The number of rotatable bonds is 2. The molecule has 0 spiro atoms. The van der Waals surface area contributed by atoms with Gasteiger partial charge in [0.05, 0.1) is 5.69 Å². The lowest BCUT2D eigenvalue weighted by Crippen LogP contribution is -1.93. The molecule has 1 heterocycles. The molecular formula is C14H12N2S. The van der Waals surface area contributed by atoms with Crippen molar-refractivity contribution in [2.45, 2.75) is 4.90 Å². The SMILES string of the molecule is CSc1ccc2cc(-n3cccn3)ccc2c1. The van der Waals surface area contributed by atoms with Crippen molar-refractivity contribution in [1.29, 1.82) is 0 Å². The maximum Gasteiger partial charge on any atom is 0.0651 e. The van der Waals surface area contributed by atoms with E-state index < -0.39 is 0 Å². The summed E-state index contributed by atoms with van der Waals surface area (Å²) in [6.45, 7) is 0. The summed E-state index contributed by atoms with van der Waals surface area (Å²) in [5.74, 6) is 0. The normalized spacial score (nSPS) is 10.9. The first kappa shape index (κ1) is 10.4. The maximum absolute atomic E-state index is 4.24. The molecule has 17 heavy (non-hydrogen) atoms. The monoisotopic (exact) mass is 240 g/mol. The van der Waals surface area contributed by atoms with Crippen LogP contribution in [0.1, 0.15) is 0 Å². The summed E-state index contributed by atoms with van der Waals surface area (Å²) in [4.78, 5) is 1.30. The molecule has 0 aliphatic heterocycles. The van der Waals surface area contributed by atoms with Crippen LogP contribution in [-0.4, -0.2) is 16.0 Å². The molecule has 3 heteroatoms. The fraction of sp³-hybridized carbons (Fsp3) is 0.0714. The van der Waals surface area contributed by atoms with Gasteiger partial charge in [-0.05, 0) is 47.4 Å². The highest BCUT2D eigenvalue weighted by Crippen LogP contribution is 2.23. The van der Waals surface area contributed by atoms with E-state index in [1.165, 1.54) is 15.7 Å². The smallest absolute Gasteiger partial charge is 0.0651 e. The first-order chi connectivity index (χ1) is 8.36. The molecule has 2 nitrogen and oxygen atoms in total. The highest BCUT2D eigenvalue weighted by molar-refractivity contribution is 7.98. The second-order valence-electron chi connectivity index (χ2n) is 3.85. The maximum atomic E-state index is 4.24.